The molecular weight excluding hydrogens is 496 g/mol. The van der Waals surface area contributed by atoms with Gasteiger partial charge in [0.1, 0.15) is 11.4 Å². The van der Waals surface area contributed by atoms with Crippen LogP contribution in [0.4, 0.5) is 0 Å². The van der Waals surface area contributed by atoms with Crippen LogP contribution < -0.4 is 4.74 Å². The standard InChI is InChI=1S/C32H39ClN2O3/c1-31(2,33)14-8-15-32(3)25-17-22-20-35(29(36)18-21-19-34-26-11-6-4-9-23(21)26)16-13-27(22)37-30(25)24-10-5-7-12-28(24)38-32/h4-7,9-12,19,22,25,27,30,34H,8,13-18,20H2,1-3H3/t22-,25-,27-,30+,32+/m0/s1. The minimum absolute atomic E-state index is 0.0312. The van der Waals surface area contributed by atoms with E-state index in [1.165, 1.54) is 5.56 Å². The van der Waals surface area contributed by atoms with Crippen molar-refractivity contribution < 1.29 is 14.3 Å². The van der Waals surface area contributed by atoms with Gasteiger partial charge in [-0.1, -0.05) is 36.4 Å². The number of nitrogens with zero attached hydrogens (tertiary/aromatic N) is 1. The number of aromatic nitrogens is 1. The van der Waals surface area contributed by atoms with Crippen LogP contribution in [0.5, 0.6) is 5.75 Å². The molecule has 1 N–H and O–H groups in total. The van der Waals surface area contributed by atoms with Crippen LogP contribution >= 0.6 is 11.6 Å². The molecule has 4 heterocycles. The average molecular weight is 535 g/mol. The van der Waals surface area contributed by atoms with Crippen LogP contribution in [-0.2, 0) is 16.0 Å². The quantitative estimate of drug-likeness (QED) is 0.345. The van der Waals surface area contributed by atoms with Gasteiger partial charge in [-0.15, -0.1) is 11.6 Å². The molecule has 2 fully saturated rings. The fourth-order valence-corrected chi connectivity index (χ4v) is 7.15. The smallest absolute Gasteiger partial charge is 0.227 e. The van der Waals surface area contributed by atoms with E-state index in [0.717, 1.165) is 67.4 Å². The third-order valence-electron chi connectivity index (χ3n) is 9.07. The summed E-state index contributed by atoms with van der Waals surface area (Å²) in [4.78, 5) is 18.6. The number of para-hydroxylation sites is 2. The van der Waals surface area contributed by atoms with Crippen LogP contribution in [0.1, 0.15) is 70.1 Å². The number of H-pyrrole nitrogens is 1. The van der Waals surface area contributed by atoms with Crippen molar-refractivity contribution in [2.24, 2.45) is 11.8 Å². The first-order chi connectivity index (χ1) is 18.2. The summed E-state index contributed by atoms with van der Waals surface area (Å²) in [6.07, 6.45) is 7.37. The first-order valence-electron chi connectivity index (χ1n) is 14.2. The van der Waals surface area contributed by atoms with Crippen molar-refractivity contribution in [3.63, 3.8) is 0 Å². The van der Waals surface area contributed by atoms with E-state index in [2.05, 4.69) is 61.0 Å². The molecule has 0 saturated carbocycles. The zero-order valence-corrected chi connectivity index (χ0v) is 23.5. The second kappa shape index (κ2) is 9.91. The van der Waals surface area contributed by atoms with Crippen molar-refractivity contribution >= 4 is 28.4 Å². The molecule has 0 bridgehead atoms. The Morgan fingerprint density at radius 1 is 1.18 bits per heavy atom. The van der Waals surface area contributed by atoms with E-state index < -0.39 is 0 Å². The fourth-order valence-electron chi connectivity index (χ4n) is 7.02. The number of halogens is 1. The molecule has 6 heteroatoms. The lowest BCUT2D eigenvalue weighted by atomic mass is 9.68. The highest BCUT2D eigenvalue weighted by Gasteiger charge is 2.53. The van der Waals surface area contributed by atoms with Crippen molar-refractivity contribution in [2.45, 2.75) is 82.0 Å². The van der Waals surface area contributed by atoms with Gasteiger partial charge in [0.2, 0.25) is 5.91 Å². The Hall–Kier alpha value is -2.50. The summed E-state index contributed by atoms with van der Waals surface area (Å²) in [6, 6.07) is 16.6. The first kappa shape index (κ1) is 25.8. The van der Waals surface area contributed by atoms with Crippen molar-refractivity contribution in [1.82, 2.24) is 9.88 Å². The number of nitrogens with one attached hydrogen (secondary N) is 1. The number of ether oxygens (including phenoxy) is 2. The second-order valence-corrected chi connectivity index (χ2v) is 13.4. The number of piperidine rings is 1. The number of amides is 1. The molecule has 2 saturated heterocycles. The van der Waals surface area contributed by atoms with Crippen molar-refractivity contribution in [3.05, 3.63) is 65.9 Å². The predicted molar refractivity (Wildman–Crippen MR) is 152 cm³/mol. The molecule has 3 aliphatic rings. The molecule has 0 aliphatic carbocycles. The summed E-state index contributed by atoms with van der Waals surface area (Å²) in [6.45, 7) is 7.92. The van der Waals surface area contributed by atoms with Crippen LogP contribution in [0.2, 0.25) is 0 Å². The predicted octanol–water partition coefficient (Wildman–Crippen LogP) is 7.04. The highest BCUT2D eigenvalue weighted by Crippen LogP contribution is 2.54. The molecule has 0 unspecified atom stereocenters. The Bertz CT molecular complexity index is 1310. The lowest BCUT2D eigenvalue weighted by Crippen LogP contribution is -2.57. The molecule has 3 aliphatic heterocycles. The third-order valence-corrected chi connectivity index (χ3v) is 9.26. The van der Waals surface area contributed by atoms with Gasteiger partial charge in [-0.05, 0) is 70.6 Å². The van der Waals surface area contributed by atoms with E-state index >= 15 is 0 Å². The number of alkyl halides is 1. The van der Waals surface area contributed by atoms with Gasteiger partial charge in [0.25, 0.3) is 0 Å². The van der Waals surface area contributed by atoms with Crippen LogP contribution in [-0.4, -0.2) is 45.5 Å². The average Bonchev–Trinajstić information content (AvgIpc) is 3.29. The maximum absolute atomic E-state index is 13.4. The van der Waals surface area contributed by atoms with Gasteiger partial charge in [-0.25, -0.2) is 0 Å². The molecule has 0 spiro atoms. The van der Waals surface area contributed by atoms with Gasteiger partial charge in [0.05, 0.1) is 18.6 Å². The normalized spacial score (nSPS) is 28.8. The van der Waals surface area contributed by atoms with E-state index in [1.54, 1.807) is 0 Å². The Labute approximate surface area is 230 Å². The zero-order valence-electron chi connectivity index (χ0n) is 22.7. The highest BCUT2D eigenvalue weighted by molar-refractivity contribution is 6.23. The summed E-state index contributed by atoms with van der Waals surface area (Å²) in [7, 11) is 0. The molecule has 202 valence electrons. The van der Waals surface area contributed by atoms with E-state index in [4.69, 9.17) is 21.1 Å². The molecule has 5 atom stereocenters. The molecule has 0 radical (unpaired) electrons. The first-order valence-corrected chi connectivity index (χ1v) is 14.5. The zero-order chi connectivity index (χ0) is 26.5. The molecule has 1 aromatic heterocycles. The summed E-state index contributed by atoms with van der Waals surface area (Å²) in [5, 5.41) is 1.13. The van der Waals surface area contributed by atoms with Gasteiger partial charge in [0, 0.05) is 52.5 Å². The van der Waals surface area contributed by atoms with Crippen molar-refractivity contribution in [2.75, 3.05) is 13.1 Å². The van der Waals surface area contributed by atoms with Crippen molar-refractivity contribution in [3.8, 4) is 5.75 Å². The number of benzene rings is 2. The molecule has 38 heavy (non-hydrogen) atoms. The maximum atomic E-state index is 13.4. The van der Waals surface area contributed by atoms with Crippen molar-refractivity contribution in [1.29, 1.82) is 0 Å². The topological polar surface area (TPSA) is 54.6 Å². The van der Waals surface area contributed by atoms with Gasteiger partial charge >= 0.3 is 0 Å². The van der Waals surface area contributed by atoms with E-state index in [0.29, 0.717) is 12.3 Å². The minimum atomic E-state index is -0.331. The summed E-state index contributed by atoms with van der Waals surface area (Å²) in [5.41, 5.74) is 2.99. The Morgan fingerprint density at radius 3 is 2.82 bits per heavy atom. The number of likely N-dealkylation sites (tertiary alicyclic amines) is 1. The third kappa shape index (κ3) is 4.96. The number of rotatable bonds is 6. The number of fused-ring (bicyclic) bond motifs is 5. The molecule has 3 aromatic rings. The summed E-state index contributed by atoms with van der Waals surface area (Å²) in [5.74, 6) is 1.70. The summed E-state index contributed by atoms with van der Waals surface area (Å²) >= 11 is 6.53. The summed E-state index contributed by atoms with van der Waals surface area (Å²) < 4.78 is 13.7. The molecule has 1 amide bonds. The van der Waals surface area contributed by atoms with Gasteiger partial charge in [-0.2, -0.15) is 0 Å². The number of carbonyl (C=O) groups excluding carboxylic acids is 1. The lowest BCUT2D eigenvalue weighted by molar-refractivity contribution is -0.193. The minimum Gasteiger partial charge on any atom is -0.487 e. The van der Waals surface area contributed by atoms with E-state index in [9.17, 15) is 4.79 Å². The Morgan fingerprint density at radius 2 is 1.97 bits per heavy atom. The second-order valence-electron chi connectivity index (χ2n) is 12.4. The maximum Gasteiger partial charge on any atom is 0.227 e. The van der Waals surface area contributed by atoms with Crippen LogP contribution in [0, 0.1) is 11.8 Å². The van der Waals surface area contributed by atoms with Crippen LogP contribution in [0.15, 0.2) is 54.7 Å². The SMILES string of the molecule is CC(C)(Cl)CCC[C@@]1(C)Oc2ccccc2[C@H]2O[C@H]3CCN(C(=O)Cc4c[nH]c5ccccc45)C[C@@H]3C[C@@H]21. The number of hydrogen-bond acceptors (Lipinski definition) is 3. The Kier molecular flexibility index (Phi) is 6.72. The number of hydrogen-bond donors (Lipinski definition) is 1. The fraction of sp³-hybridized carbons (Fsp3) is 0.531. The Balaban J connectivity index is 1.19. The van der Waals surface area contributed by atoms with E-state index in [-0.39, 0.29) is 34.5 Å². The van der Waals surface area contributed by atoms with E-state index in [1.807, 2.05) is 24.4 Å². The largest absolute Gasteiger partial charge is 0.487 e. The molecular formula is C32H39ClN2O3. The number of carbonyl (C=O) groups is 1. The van der Waals surface area contributed by atoms with Gasteiger partial charge in [0.15, 0.2) is 0 Å². The van der Waals surface area contributed by atoms with Crippen LogP contribution in [0.25, 0.3) is 10.9 Å². The lowest BCUT2D eigenvalue weighted by Gasteiger charge is -2.54. The highest BCUT2D eigenvalue weighted by atomic mass is 35.5. The monoisotopic (exact) mass is 534 g/mol. The number of aromatic amines is 1. The van der Waals surface area contributed by atoms with Crippen LogP contribution in [0.3, 0.4) is 0 Å². The van der Waals surface area contributed by atoms with Gasteiger partial charge < -0.3 is 19.4 Å². The molecule has 2 aromatic carbocycles. The molecule has 6 rings (SSSR count). The molecule has 5 nitrogen and oxygen atoms in total. The van der Waals surface area contributed by atoms with Gasteiger partial charge in [-0.3, -0.25) is 4.79 Å².